The van der Waals surface area contributed by atoms with Gasteiger partial charge in [0.2, 0.25) is 0 Å². The maximum Gasteiger partial charge on any atom is 0.198 e. The van der Waals surface area contributed by atoms with Gasteiger partial charge in [-0.25, -0.2) is 0 Å². The molecule has 5 nitrogen and oxygen atoms in total. The molecule has 0 radical (unpaired) electrons. The smallest absolute Gasteiger partial charge is 0.198 e. The Morgan fingerprint density at radius 2 is 1.33 bits per heavy atom. The van der Waals surface area contributed by atoms with Gasteiger partial charge in [0.05, 0.1) is 18.8 Å². The number of hydrogen-bond acceptors (Lipinski definition) is 5. The van der Waals surface area contributed by atoms with Crippen LogP contribution in [-0.4, -0.2) is 24.8 Å². The van der Waals surface area contributed by atoms with E-state index < -0.39 is 0 Å². The molecule has 0 atom stereocenters. The fraction of sp³-hybridized carbons (Fsp3) is 0.161. The molecule has 5 heteroatoms. The van der Waals surface area contributed by atoms with E-state index in [9.17, 15) is 9.59 Å². The molecule has 0 spiro atoms. The highest BCUT2D eigenvalue weighted by atomic mass is 16.7. The van der Waals surface area contributed by atoms with Crippen molar-refractivity contribution in [3.05, 3.63) is 136 Å². The molecule has 0 amide bonds. The Labute approximate surface area is 209 Å². The number of hydrogen-bond donors (Lipinski definition) is 0. The van der Waals surface area contributed by atoms with E-state index in [0.29, 0.717) is 47.6 Å². The average Bonchev–Trinajstić information content (AvgIpc) is 3.47. The molecule has 0 saturated carbocycles. The largest absolute Gasteiger partial charge is 0.488 e. The summed E-state index contributed by atoms with van der Waals surface area (Å²) in [4.78, 5) is 26.9. The molecule has 1 aliphatic carbocycles. The van der Waals surface area contributed by atoms with Crippen molar-refractivity contribution in [2.24, 2.45) is 0 Å². The van der Waals surface area contributed by atoms with Crippen LogP contribution in [0.25, 0.3) is 0 Å². The number of ether oxygens (including phenoxy) is 3. The Balaban J connectivity index is 1.36. The lowest BCUT2D eigenvalue weighted by Gasteiger charge is -2.23. The lowest BCUT2D eigenvalue weighted by atomic mass is 9.82. The number of carbonyl (C=O) groups is 2. The van der Waals surface area contributed by atoms with Crippen LogP contribution in [0.2, 0.25) is 0 Å². The predicted octanol–water partition coefficient (Wildman–Crippen LogP) is 5.68. The van der Waals surface area contributed by atoms with Crippen LogP contribution in [-0.2, 0) is 22.5 Å². The third-order valence-electron chi connectivity index (χ3n) is 6.62. The van der Waals surface area contributed by atoms with Gasteiger partial charge in [0.15, 0.2) is 17.9 Å². The number of ketones is 2. The first kappa shape index (κ1) is 22.4. The molecule has 1 fully saturated rings. The molecule has 36 heavy (non-hydrogen) atoms. The maximum atomic E-state index is 13.6. The van der Waals surface area contributed by atoms with Gasteiger partial charge in [-0.1, -0.05) is 84.9 Å². The van der Waals surface area contributed by atoms with Crippen LogP contribution in [0.3, 0.4) is 0 Å². The zero-order valence-corrected chi connectivity index (χ0v) is 19.6. The zero-order chi connectivity index (χ0) is 24.5. The summed E-state index contributed by atoms with van der Waals surface area (Å²) in [6, 6.07) is 28.5. The minimum absolute atomic E-state index is 0.155. The van der Waals surface area contributed by atoms with Crippen molar-refractivity contribution >= 4 is 11.6 Å². The molecule has 4 aromatic carbocycles. The van der Waals surface area contributed by atoms with E-state index in [-0.39, 0.29) is 24.5 Å². The van der Waals surface area contributed by atoms with Crippen LogP contribution in [0.15, 0.2) is 91.0 Å². The quantitative estimate of drug-likeness (QED) is 0.316. The van der Waals surface area contributed by atoms with Gasteiger partial charge in [-0.15, -0.1) is 0 Å². The molecule has 0 N–H and O–H groups in total. The van der Waals surface area contributed by atoms with Gasteiger partial charge >= 0.3 is 0 Å². The summed E-state index contributed by atoms with van der Waals surface area (Å²) in [6.07, 6.45) is 0.254. The molecule has 1 aliphatic heterocycles. The lowest BCUT2D eigenvalue weighted by Crippen LogP contribution is -2.22. The molecule has 0 unspecified atom stereocenters. The van der Waals surface area contributed by atoms with E-state index >= 15 is 0 Å². The second-order valence-electron chi connectivity index (χ2n) is 8.95. The Hall–Kier alpha value is -4.06. The topological polar surface area (TPSA) is 61.8 Å². The highest BCUT2D eigenvalue weighted by molar-refractivity contribution is 6.29. The fourth-order valence-corrected chi connectivity index (χ4v) is 4.80. The minimum Gasteiger partial charge on any atom is -0.488 e. The highest BCUT2D eigenvalue weighted by Gasteiger charge is 2.33. The van der Waals surface area contributed by atoms with E-state index in [1.54, 1.807) is 30.3 Å². The molecule has 0 aromatic heterocycles. The first-order valence-electron chi connectivity index (χ1n) is 12.0. The third kappa shape index (κ3) is 4.13. The number of carbonyl (C=O) groups excluding carboxylic acids is 2. The molecule has 2 aliphatic rings. The summed E-state index contributed by atoms with van der Waals surface area (Å²) in [6.45, 7) is 1.44. The minimum atomic E-state index is -0.331. The normalized spacial score (nSPS) is 15.0. The van der Waals surface area contributed by atoms with Crippen molar-refractivity contribution in [1.29, 1.82) is 0 Å². The van der Waals surface area contributed by atoms with E-state index in [1.807, 2.05) is 60.7 Å². The molecule has 6 rings (SSSR count). The highest BCUT2D eigenvalue weighted by Crippen LogP contribution is 2.37. The standard InChI is InChI=1S/C31H24O5/c32-28-24-8-4-5-9-25(24)29(33)27-26(28)15-14-23(18-20-6-2-1-3-7-20)30(27)36-19-21-10-12-22(13-11-21)31-34-16-17-35-31/h1-15,31H,16-19H2. The van der Waals surface area contributed by atoms with Gasteiger partial charge in [0, 0.05) is 28.7 Å². The summed E-state index contributed by atoms with van der Waals surface area (Å²) < 4.78 is 17.5. The number of rotatable bonds is 6. The van der Waals surface area contributed by atoms with Gasteiger partial charge in [-0.05, 0) is 22.8 Å². The first-order chi connectivity index (χ1) is 17.7. The summed E-state index contributed by atoms with van der Waals surface area (Å²) in [7, 11) is 0. The summed E-state index contributed by atoms with van der Waals surface area (Å²) in [5.41, 5.74) is 5.43. The van der Waals surface area contributed by atoms with Crippen molar-refractivity contribution in [3.8, 4) is 5.75 Å². The van der Waals surface area contributed by atoms with Crippen LogP contribution in [0.4, 0.5) is 0 Å². The van der Waals surface area contributed by atoms with Gasteiger partial charge < -0.3 is 14.2 Å². The van der Waals surface area contributed by atoms with Crippen LogP contribution in [0.1, 0.15) is 60.4 Å². The van der Waals surface area contributed by atoms with Gasteiger partial charge in [0.1, 0.15) is 12.4 Å². The second-order valence-corrected chi connectivity index (χ2v) is 8.95. The summed E-state index contributed by atoms with van der Waals surface area (Å²) in [5, 5.41) is 0. The van der Waals surface area contributed by atoms with Crippen molar-refractivity contribution in [1.82, 2.24) is 0 Å². The van der Waals surface area contributed by atoms with E-state index in [0.717, 1.165) is 22.3 Å². The molecule has 0 bridgehead atoms. The molecular formula is C31H24O5. The predicted molar refractivity (Wildman–Crippen MR) is 134 cm³/mol. The van der Waals surface area contributed by atoms with E-state index in [1.165, 1.54) is 0 Å². The molecule has 1 heterocycles. The van der Waals surface area contributed by atoms with Crippen LogP contribution in [0.5, 0.6) is 5.75 Å². The van der Waals surface area contributed by atoms with E-state index in [2.05, 4.69) is 0 Å². The molecule has 1 saturated heterocycles. The fourth-order valence-electron chi connectivity index (χ4n) is 4.80. The SMILES string of the molecule is O=C1c2ccccc2C(=O)c2c1ccc(Cc1ccccc1)c2OCc1ccc(C2OCCO2)cc1. The summed E-state index contributed by atoms with van der Waals surface area (Å²) in [5.74, 6) is 0.129. The monoisotopic (exact) mass is 476 g/mol. The molecule has 4 aromatic rings. The van der Waals surface area contributed by atoms with Crippen molar-refractivity contribution in [2.75, 3.05) is 13.2 Å². The molecular weight excluding hydrogens is 452 g/mol. The second kappa shape index (κ2) is 9.53. The van der Waals surface area contributed by atoms with Gasteiger partial charge in [0.25, 0.3) is 0 Å². The van der Waals surface area contributed by atoms with Gasteiger partial charge in [-0.3, -0.25) is 9.59 Å². The Bertz CT molecular complexity index is 1430. The Morgan fingerprint density at radius 1 is 0.667 bits per heavy atom. The van der Waals surface area contributed by atoms with E-state index in [4.69, 9.17) is 14.2 Å². The Kier molecular flexibility index (Phi) is 5.93. The lowest BCUT2D eigenvalue weighted by molar-refractivity contribution is -0.0441. The van der Waals surface area contributed by atoms with Crippen molar-refractivity contribution in [3.63, 3.8) is 0 Å². The van der Waals surface area contributed by atoms with Crippen molar-refractivity contribution in [2.45, 2.75) is 19.3 Å². The number of benzene rings is 4. The zero-order valence-electron chi connectivity index (χ0n) is 19.6. The van der Waals surface area contributed by atoms with Crippen LogP contribution in [0, 0.1) is 0 Å². The van der Waals surface area contributed by atoms with Crippen LogP contribution < -0.4 is 4.74 Å². The average molecular weight is 477 g/mol. The Morgan fingerprint density at radius 3 is 2.06 bits per heavy atom. The van der Waals surface area contributed by atoms with Crippen molar-refractivity contribution < 1.29 is 23.8 Å². The first-order valence-corrected chi connectivity index (χ1v) is 12.0. The third-order valence-corrected chi connectivity index (χ3v) is 6.62. The molecule has 178 valence electrons. The van der Waals surface area contributed by atoms with Gasteiger partial charge in [-0.2, -0.15) is 0 Å². The van der Waals surface area contributed by atoms with Crippen LogP contribution >= 0.6 is 0 Å². The maximum absolute atomic E-state index is 13.6. The summed E-state index contributed by atoms with van der Waals surface area (Å²) >= 11 is 0. The number of fused-ring (bicyclic) bond motifs is 2.